The van der Waals surface area contributed by atoms with Crippen molar-refractivity contribution in [3.05, 3.63) is 34.9 Å². The molecule has 1 rings (SSSR count). The van der Waals surface area contributed by atoms with Gasteiger partial charge in [0.2, 0.25) is 0 Å². The number of halogens is 1. The van der Waals surface area contributed by atoms with Crippen molar-refractivity contribution >= 4 is 11.6 Å². The number of nitrogens with one attached hydrogen (secondary N) is 1. The largest absolute Gasteiger partial charge is 0.308 e. The van der Waals surface area contributed by atoms with Crippen LogP contribution in [0.25, 0.3) is 0 Å². The van der Waals surface area contributed by atoms with Crippen molar-refractivity contribution in [2.45, 2.75) is 39.3 Å². The maximum Gasteiger partial charge on any atom is 0.0406 e. The number of hydrogen-bond acceptors (Lipinski definition) is 1. The summed E-state index contributed by atoms with van der Waals surface area (Å²) in [5, 5.41) is 4.32. The summed E-state index contributed by atoms with van der Waals surface area (Å²) in [4.78, 5) is 0. The van der Waals surface area contributed by atoms with Gasteiger partial charge in [-0.2, -0.15) is 0 Å². The topological polar surface area (TPSA) is 12.0 Å². The lowest BCUT2D eigenvalue weighted by Crippen LogP contribution is -2.27. The molecule has 2 heteroatoms. The minimum Gasteiger partial charge on any atom is -0.308 e. The van der Waals surface area contributed by atoms with Crippen LogP contribution in [0.1, 0.15) is 38.8 Å². The van der Waals surface area contributed by atoms with Crippen LogP contribution in [0.5, 0.6) is 0 Å². The minimum absolute atomic E-state index is 0.437. The summed E-state index contributed by atoms with van der Waals surface area (Å²) in [6.07, 6.45) is 1.10. The summed E-state index contributed by atoms with van der Waals surface area (Å²) < 4.78 is 0. The van der Waals surface area contributed by atoms with Crippen molar-refractivity contribution in [3.63, 3.8) is 0 Å². The van der Waals surface area contributed by atoms with E-state index in [0.29, 0.717) is 12.1 Å². The number of hydrogen-bond donors (Lipinski definition) is 1. The van der Waals surface area contributed by atoms with Crippen molar-refractivity contribution in [2.24, 2.45) is 0 Å². The zero-order chi connectivity index (χ0) is 10.6. The third-order valence-electron chi connectivity index (χ3n) is 2.22. The molecule has 0 fully saturated rings. The van der Waals surface area contributed by atoms with E-state index in [1.165, 1.54) is 5.56 Å². The number of rotatable bonds is 4. The standard InChI is InChI=1S/C12H18ClN/c1-4-12(14-9(2)3)10-5-7-11(13)8-6-10/h5-9,12,14H,4H2,1-3H3/t12-/m0/s1. The van der Waals surface area contributed by atoms with Gasteiger partial charge in [0.25, 0.3) is 0 Å². The smallest absolute Gasteiger partial charge is 0.0406 e. The zero-order valence-electron chi connectivity index (χ0n) is 9.05. The van der Waals surface area contributed by atoms with E-state index < -0.39 is 0 Å². The average Bonchev–Trinajstić information content (AvgIpc) is 2.15. The molecule has 1 atom stereocenters. The Bertz CT molecular complexity index is 266. The highest BCUT2D eigenvalue weighted by atomic mass is 35.5. The molecular weight excluding hydrogens is 194 g/mol. The molecular formula is C12H18ClN. The molecule has 0 saturated carbocycles. The summed E-state index contributed by atoms with van der Waals surface area (Å²) in [5.41, 5.74) is 1.31. The normalized spacial score (nSPS) is 13.2. The van der Waals surface area contributed by atoms with E-state index in [4.69, 9.17) is 11.6 Å². The predicted molar refractivity (Wildman–Crippen MR) is 62.8 cm³/mol. The molecule has 0 aliphatic carbocycles. The third-order valence-corrected chi connectivity index (χ3v) is 2.47. The Hall–Kier alpha value is -0.530. The van der Waals surface area contributed by atoms with Crippen LogP contribution in [0, 0.1) is 0 Å². The summed E-state index contributed by atoms with van der Waals surface area (Å²) in [5.74, 6) is 0. The van der Waals surface area contributed by atoms with E-state index in [-0.39, 0.29) is 0 Å². The molecule has 0 bridgehead atoms. The van der Waals surface area contributed by atoms with E-state index in [1.54, 1.807) is 0 Å². The van der Waals surface area contributed by atoms with Gasteiger partial charge in [-0.3, -0.25) is 0 Å². The van der Waals surface area contributed by atoms with E-state index in [2.05, 4.69) is 38.2 Å². The molecule has 0 aliphatic rings. The van der Waals surface area contributed by atoms with Crippen LogP contribution in [0.15, 0.2) is 24.3 Å². The SMILES string of the molecule is CC[C@H](NC(C)C)c1ccc(Cl)cc1. The zero-order valence-corrected chi connectivity index (χ0v) is 9.81. The predicted octanol–water partition coefficient (Wildman–Crippen LogP) is 3.79. The third kappa shape index (κ3) is 3.32. The van der Waals surface area contributed by atoms with Gasteiger partial charge in [-0.05, 0) is 24.1 Å². The molecule has 14 heavy (non-hydrogen) atoms. The van der Waals surface area contributed by atoms with Gasteiger partial charge >= 0.3 is 0 Å². The lowest BCUT2D eigenvalue weighted by Gasteiger charge is -2.20. The Balaban J connectivity index is 2.73. The Morgan fingerprint density at radius 1 is 1.21 bits per heavy atom. The first-order valence-electron chi connectivity index (χ1n) is 5.15. The fraction of sp³-hybridized carbons (Fsp3) is 0.500. The van der Waals surface area contributed by atoms with E-state index in [0.717, 1.165) is 11.4 Å². The molecule has 0 radical (unpaired) electrons. The molecule has 0 amide bonds. The highest BCUT2D eigenvalue weighted by molar-refractivity contribution is 6.30. The van der Waals surface area contributed by atoms with Gasteiger partial charge < -0.3 is 5.32 Å². The average molecular weight is 212 g/mol. The Labute approximate surface area is 91.5 Å². The van der Waals surface area contributed by atoms with Gasteiger partial charge in [-0.1, -0.05) is 44.5 Å². The van der Waals surface area contributed by atoms with Gasteiger partial charge in [-0.25, -0.2) is 0 Å². The van der Waals surface area contributed by atoms with Crippen molar-refractivity contribution in [1.82, 2.24) is 5.32 Å². The Morgan fingerprint density at radius 2 is 1.79 bits per heavy atom. The quantitative estimate of drug-likeness (QED) is 0.799. The molecule has 78 valence electrons. The fourth-order valence-corrected chi connectivity index (χ4v) is 1.67. The maximum atomic E-state index is 5.84. The lowest BCUT2D eigenvalue weighted by atomic mass is 10.0. The van der Waals surface area contributed by atoms with Crippen LogP contribution >= 0.6 is 11.6 Å². The van der Waals surface area contributed by atoms with Gasteiger partial charge in [0.15, 0.2) is 0 Å². The molecule has 0 spiro atoms. The summed E-state index contributed by atoms with van der Waals surface area (Å²) in [6.45, 7) is 6.52. The van der Waals surface area contributed by atoms with Crippen LogP contribution in [0.2, 0.25) is 5.02 Å². The molecule has 1 N–H and O–H groups in total. The molecule has 0 aliphatic heterocycles. The Kier molecular flexibility index (Phi) is 4.43. The van der Waals surface area contributed by atoms with Gasteiger partial charge in [0.05, 0.1) is 0 Å². The van der Waals surface area contributed by atoms with E-state index in [9.17, 15) is 0 Å². The summed E-state index contributed by atoms with van der Waals surface area (Å²) >= 11 is 5.84. The first-order valence-corrected chi connectivity index (χ1v) is 5.52. The van der Waals surface area contributed by atoms with Crippen LogP contribution in [-0.4, -0.2) is 6.04 Å². The Morgan fingerprint density at radius 3 is 2.21 bits per heavy atom. The van der Waals surface area contributed by atoms with Crippen molar-refractivity contribution in [2.75, 3.05) is 0 Å². The van der Waals surface area contributed by atoms with Crippen molar-refractivity contribution in [1.29, 1.82) is 0 Å². The molecule has 1 aromatic carbocycles. The van der Waals surface area contributed by atoms with Crippen LogP contribution in [0.4, 0.5) is 0 Å². The van der Waals surface area contributed by atoms with Crippen molar-refractivity contribution < 1.29 is 0 Å². The fourth-order valence-electron chi connectivity index (χ4n) is 1.55. The lowest BCUT2D eigenvalue weighted by molar-refractivity contribution is 0.466. The molecule has 0 unspecified atom stereocenters. The maximum absolute atomic E-state index is 5.84. The minimum atomic E-state index is 0.437. The van der Waals surface area contributed by atoms with Gasteiger partial charge in [0, 0.05) is 17.1 Å². The second kappa shape index (κ2) is 5.38. The second-order valence-corrected chi connectivity index (χ2v) is 4.27. The molecule has 0 aromatic heterocycles. The summed E-state index contributed by atoms with van der Waals surface area (Å²) in [6, 6.07) is 9.02. The molecule has 0 heterocycles. The molecule has 1 aromatic rings. The number of benzene rings is 1. The highest BCUT2D eigenvalue weighted by Crippen LogP contribution is 2.19. The first-order chi connectivity index (χ1) is 6.63. The van der Waals surface area contributed by atoms with E-state index in [1.807, 2.05) is 12.1 Å². The van der Waals surface area contributed by atoms with Crippen LogP contribution in [-0.2, 0) is 0 Å². The molecule has 0 saturated heterocycles. The monoisotopic (exact) mass is 211 g/mol. The second-order valence-electron chi connectivity index (χ2n) is 3.83. The van der Waals surface area contributed by atoms with Crippen molar-refractivity contribution in [3.8, 4) is 0 Å². The first kappa shape index (κ1) is 11.5. The van der Waals surface area contributed by atoms with Crippen LogP contribution in [0.3, 0.4) is 0 Å². The summed E-state index contributed by atoms with van der Waals surface area (Å²) in [7, 11) is 0. The van der Waals surface area contributed by atoms with Crippen LogP contribution < -0.4 is 5.32 Å². The highest BCUT2D eigenvalue weighted by Gasteiger charge is 2.09. The van der Waals surface area contributed by atoms with Gasteiger partial charge in [-0.15, -0.1) is 0 Å². The molecule has 1 nitrogen and oxygen atoms in total. The van der Waals surface area contributed by atoms with Gasteiger partial charge in [0.1, 0.15) is 0 Å². The van der Waals surface area contributed by atoms with E-state index >= 15 is 0 Å².